The van der Waals surface area contributed by atoms with Crippen molar-refractivity contribution in [1.29, 1.82) is 0 Å². The van der Waals surface area contributed by atoms with Gasteiger partial charge in [-0.3, -0.25) is 4.98 Å². The van der Waals surface area contributed by atoms with Crippen molar-refractivity contribution in [1.82, 2.24) is 24.8 Å². The van der Waals surface area contributed by atoms with Crippen molar-refractivity contribution in [3.63, 3.8) is 0 Å². The molecule has 1 amide bonds. The van der Waals surface area contributed by atoms with Gasteiger partial charge in [0, 0.05) is 24.5 Å². The van der Waals surface area contributed by atoms with Crippen LogP contribution in [0.4, 0.5) is 10.6 Å². The van der Waals surface area contributed by atoms with E-state index in [1.807, 2.05) is 25.2 Å². The normalized spacial score (nSPS) is 19.6. The molecule has 214 valence electrons. The molecular weight excluding hydrogens is 641 g/mol. The Morgan fingerprint density at radius 1 is 1.15 bits per heavy atom. The van der Waals surface area contributed by atoms with Crippen LogP contribution in [0.2, 0.25) is 0 Å². The molecular formula is C27H37BIN6O4P. The molecule has 1 unspecified atom stereocenters. The molecule has 2 saturated heterocycles. The highest BCUT2D eigenvalue weighted by Gasteiger charge is 2.51. The fourth-order valence-electron chi connectivity index (χ4n) is 4.86. The summed E-state index contributed by atoms with van der Waals surface area (Å²) in [5.41, 5.74) is 2.14. The summed E-state index contributed by atoms with van der Waals surface area (Å²) < 4.78 is 20.0. The first-order valence-corrected chi connectivity index (χ1v) is 17.6. The molecule has 10 nitrogen and oxygen atoms in total. The molecule has 3 aromatic rings. The Bertz CT molecular complexity index is 1390. The van der Waals surface area contributed by atoms with Crippen molar-refractivity contribution >= 4 is 63.8 Å². The second kappa shape index (κ2) is 11.0. The number of nitrogens with zero attached hydrogens (tertiary/aromatic N) is 5. The van der Waals surface area contributed by atoms with Crippen molar-refractivity contribution in [2.45, 2.75) is 84.2 Å². The minimum atomic E-state index is -0.513. The van der Waals surface area contributed by atoms with Crippen molar-refractivity contribution in [2.75, 3.05) is 18.0 Å². The van der Waals surface area contributed by atoms with Gasteiger partial charge in [-0.25, -0.2) is 14.2 Å². The quantitative estimate of drug-likeness (QED) is 0.227. The number of carbonyl (C=O) groups excluding carboxylic acids is 1. The molecule has 2 fully saturated rings. The lowest BCUT2D eigenvalue weighted by molar-refractivity contribution is 0.00578. The average Bonchev–Trinajstić information content (AvgIpc) is 3.35. The SMILES string of the molecule is CC(C)(C)OC(=O)NC1CCN(c2cncc(-c3nn(PI)c4ccc(B5OC(C)(C)C(C)(C)O5)cc34)n2)CC1. The van der Waals surface area contributed by atoms with E-state index in [1.54, 1.807) is 12.4 Å². The third kappa shape index (κ3) is 6.10. The average molecular weight is 678 g/mol. The molecule has 0 aliphatic carbocycles. The summed E-state index contributed by atoms with van der Waals surface area (Å²) in [7, 11) is -0.458. The molecule has 1 aromatic carbocycles. The van der Waals surface area contributed by atoms with Crippen molar-refractivity contribution in [3.05, 3.63) is 30.6 Å². The maximum Gasteiger partial charge on any atom is 0.494 e. The third-order valence-electron chi connectivity index (χ3n) is 7.71. The number of piperidine rings is 1. The Balaban J connectivity index is 1.36. The van der Waals surface area contributed by atoms with Gasteiger partial charge in [0.15, 0.2) is 0 Å². The third-order valence-corrected chi connectivity index (χ3v) is 9.59. The van der Waals surface area contributed by atoms with E-state index < -0.39 is 23.9 Å². The van der Waals surface area contributed by atoms with Crippen LogP contribution in [-0.2, 0) is 14.0 Å². The molecule has 5 rings (SSSR count). The van der Waals surface area contributed by atoms with E-state index in [1.165, 1.54) is 0 Å². The van der Waals surface area contributed by atoms with E-state index in [0.29, 0.717) is 6.37 Å². The summed E-state index contributed by atoms with van der Waals surface area (Å²) in [5.74, 6) is 0.801. The Kier molecular flexibility index (Phi) is 8.11. The number of rotatable bonds is 5. The molecule has 40 heavy (non-hydrogen) atoms. The molecule has 4 heterocycles. The molecule has 0 saturated carbocycles. The van der Waals surface area contributed by atoms with E-state index >= 15 is 0 Å². The molecule has 0 spiro atoms. The van der Waals surface area contributed by atoms with Gasteiger partial charge < -0.3 is 24.3 Å². The number of halogens is 1. The summed E-state index contributed by atoms with van der Waals surface area (Å²) in [6.07, 6.45) is 5.23. The fourth-order valence-corrected chi connectivity index (χ4v) is 6.39. The number of hydrogen-bond donors (Lipinski definition) is 1. The molecule has 1 N–H and O–H groups in total. The first kappa shape index (κ1) is 29.5. The molecule has 0 bridgehead atoms. The maximum atomic E-state index is 12.2. The summed E-state index contributed by atoms with van der Waals surface area (Å²) in [4.78, 5) is 23.9. The predicted molar refractivity (Wildman–Crippen MR) is 169 cm³/mol. The zero-order chi connectivity index (χ0) is 28.9. The standard InChI is InChI=1S/C27H37BIN6O4P/c1-25(2,3)37-24(36)31-18-10-12-34(13-11-18)22-16-30-15-20(32-22)23-19-14-17(8-9-21(19)35(33-23)40-29)28-38-26(4,5)27(6,7)39-28/h8-9,14-16,18,40H,10-13H2,1-7H3,(H,31,36). The van der Waals surface area contributed by atoms with Crippen LogP contribution in [0.25, 0.3) is 22.3 Å². The Morgan fingerprint density at radius 3 is 2.45 bits per heavy atom. The van der Waals surface area contributed by atoms with Crippen molar-refractivity contribution in [3.8, 4) is 11.4 Å². The van der Waals surface area contributed by atoms with Gasteiger partial charge in [0.2, 0.25) is 0 Å². The molecule has 2 aliphatic rings. The highest BCUT2D eigenvalue weighted by molar-refractivity contribution is 14.2. The maximum absolute atomic E-state index is 12.2. The molecule has 2 aromatic heterocycles. The van der Waals surface area contributed by atoms with Crippen LogP contribution < -0.4 is 15.7 Å². The van der Waals surface area contributed by atoms with Crippen LogP contribution in [-0.4, -0.2) is 68.7 Å². The summed E-state index contributed by atoms with van der Waals surface area (Å²) >= 11 is 2.34. The van der Waals surface area contributed by atoms with Crippen LogP contribution in [0.15, 0.2) is 30.6 Å². The van der Waals surface area contributed by atoms with Crippen LogP contribution in [0, 0.1) is 0 Å². The number of aromatic nitrogens is 4. The predicted octanol–water partition coefficient (Wildman–Crippen LogP) is 5.08. The van der Waals surface area contributed by atoms with Gasteiger partial charge in [0.1, 0.15) is 22.8 Å². The Morgan fingerprint density at radius 2 is 1.82 bits per heavy atom. The Hall–Kier alpha value is -2.02. The minimum absolute atomic E-state index is 0.0694. The van der Waals surface area contributed by atoms with E-state index in [-0.39, 0.29) is 12.1 Å². The number of hydrogen-bond acceptors (Lipinski definition) is 8. The topological polar surface area (TPSA) is 104 Å². The second-order valence-corrected chi connectivity index (χ2v) is 14.4. The fraction of sp³-hybridized carbons (Fsp3) is 0.556. The number of fused-ring (bicyclic) bond motifs is 1. The van der Waals surface area contributed by atoms with Crippen LogP contribution in [0.3, 0.4) is 0 Å². The van der Waals surface area contributed by atoms with E-state index in [2.05, 4.69) is 83.1 Å². The lowest BCUT2D eigenvalue weighted by atomic mass is 9.78. The monoisotopic (exact) mass is 678 g/mol. The van der Waals surface area contributed by atoms with Gasteiger partial charge in [-0.05, 0) is 94.9 Å². The number of benzene rings is 1. The van der Waals surface area contributed by atoms with Gasteiger partial charge in [0.05, 0.1) is 35.5 Å². The number of nitrogens with one attached hydrogen (secondary N) is 1. The second-order valence-electron chi connectivity index (χ2n) is 12.4. The van der Waals surface area contributed by atoms with Crippen molar-refractivity contribution < 1.29 is 18.8 Å². The number of amides is 1. The number of anilines is 1. The Labute approximate surface area is 250 Å². The van der Waals surface area contributed by atoms with Gasteiger partial charge in [-0.15, -0.1) is 0 Å². The highest BCUT2D eigenvalue weighted by Crippen LogP contribution is 2.38. The van der Waals surface area contributed by atoms with E-state index in [0.717, 1.165) is 59.5 Å². The zero-order valence-electron chi connectivity index (χ0n) is 24.1. The molecule has 1 atom stereocenters. The lowest BCUT2D eigenvalue weighted by Gasteiger charge is -2.33. The smallest absolute Gasteiger partial charge is 0.444 e. The van der Waals surface area contributed by atoms with Crippen LogP contribution in [0.1, 0.15) is 61.3 Å². The summed E-state index contributed by atoms with van der Waals surface area (Å²) in [6.45, 7) is 15.4. The van der Waals surface area contributed by atoms with Gasteiger partial charge in [-0.2, -0.15) is 5.10 Å². The van der Waals surface area contributed by atoms with Crippen LogP contribution >= 0.6 is 28.4 Å². The number of carbonyl (C=O) groups is 1. The first-order valence-electron chi connectivity index (χ1n) is 13.6. The highest BCUT2D eigenvalue weighted by atomic mass is 127. The molecule has 13 heteroatoms. The van der Waals surface area contributed by atoms with Gasteiger partial charge in [-0.1, -0.05) is 12.1 Å². The van der Waals surface area contributed by atoms with Gasteiger partial charge in [0.25, 0.3) is 0 Å². The number of alkyl carbamates (subject to hydrolysis) is 1. The lowest BCUT2D eigenvalue weighted by Crippen LogP contribution is -2.46. The van der Waals surface area contributed by atoms with E-state index in [4.69, 9.17) is 24.1 Å². The largest absolute Gasteiger partial charge is 0.494 e. The van der Waals surface area contributed by atoms with Gasteiger partial charge >= 0.3 is 13.2 Å². The van der Waals surface area contributed by atoms with Crippen molar-refractivity contribution in [2.24, 2.45) is 0 Å². The molecule has 0 radical (unpaired) electrons. The number of ether oxygens (including phenoxy) is 1. The van der Waals surface area contributed by atoms with E-state index in [9.17, 15) is 4.79 Å². The zero-order valence-corrected chi connectivity index (χ0v) is 27.3. The summed E-state index contributed by atoms with van der Waals surface area (Å²) in [5, 5.41) is 8.90. The first-order chi connectivity index (χ1) is 18.8. The minimum Gasteiger partial charge on any atom is -0.444 e. The van der Waals surface area contributed by atoms with Crippen LogP contribution in [0.5, 0.6) is 0 Å². The summed E-state index contributed by atoms with van der Waals surface area (Å²) in [6, 6.07) is 6.31. The molecule has 2 aliphatic heterocycles.